The highest BCUT2D eigenvalue weighted by Crippen LogP contribution is 2.30. The first-order chi connectivity index (χ1) is 6.99. The molecule has 0 aliphatic carbocycles. The van der Waals surface area contributed by atoms with E-state index >= 15 is 0 Å². The fraction of sp³-hybridized carbons (Fsp3) is 0.462. The zero-order valence-electron chi connectivity index (χ0n) is 10.3. The van der Waals surface area contributed by atoms with E-state index in [9.17, 15) is 0 Å². The molecule has 0 N–H and O–H groups in total. The third-order valence-electron chi connectivity index (χ3n) is 2.51. The monoisotopic (exact) mass is 204 g/mol. The molecule has 0 amide bonds. The first kappa shape index (κ1) is 11.8. The Kier molecular flexibility index (Phi) is 3.51. The lowest BCUT2D eigenvalue weighted by molar-refractivity contribution is 0.690. The predicted molar refractivity (Wildman–Crippen MR) is 66.7 cm³/mol. The zero-order valence-corrected chi connectivity index (χ0v) is 10.3. The van der Waals surface area contributed by atoms with Crippen LogP contribution in [0.2, 0.25) is 0 Å². The lowest BCUT2D eigenvalue weighted by Gasteiger charge is -2.13. The van der Waals surface area contributed by atoms with Crippen LogP contribution >= 0.6 is 0 Å². The van der Waals surface area contributed by atoms with E-state index in [-0.39, 0.29) is 0 Å². The number of hydrogen-bond donors (Lipinski definition) is 0. The van der Waals surface area contributed by atoms with Crippen LogP contribution in [0.4, 0.5) is 0 Å². The van der Waals surface area contributed by atoms with Crippen molar-refractivity contribution in [3.63, 3.8) is 0 Å². The summed E-state index contributed by atoms with van der Waals surface area (Å²) in [6.07, 6.45) is 3.77. The number of likely N-dealkylation sites (N-methyl/N-ethyl adjacent to an activating group) is 1. The fourth-order valence-corrected chi connectivity index (χ4v) is 1.83. The molecule has 0 aromatic carbocycles. The molecule has 2 heteroatoms. The van der Waals surface area contributed by atoms with Crippen LogP contribution in [-0.4, -0.2) is 17.8 Å². The summed E-state index contributed by atoms with van der Waals surface area (Å²) in [7, 11) is 2.03. The van der Waals surface area contributed by atoms with Gasteiger partial charge >= 0.3 is 0 Å². The largest absolute Gasteiger partial charge is 0.335 e. The average molecular weight is 204 g/mol. The first-order valence-corrected chi connectivity index (χ1v) is 5.30. The van der Waals surface area contributed by atoms with Crippen LogP contribution in [0.3, 0.4) is 0 Å². The molecule has 1 heterocycles. The van der Waals surface area contributed by atoms with E-state index in [4.69, 9.17) is 0 Å². The van der Waals surface area contributed by atoms with Crippen molar-refractivity contribution in [2.45, 2.75) is 27.7 Å². The normalized spacial score (nSPS) is 18.8. The maximum Gasteiger partial charge on any atom is 0.139 e. The molecule has 1 rings (SSSR count). The third-order valence-corrected chi connectivity index (χ3v) is 2.51. The number of hydrogen-bond acceptors (Lipinski definition) is 1. The van der Waals surface area contributed by atoms with E-state index < -0.39 is 0 Å². The molecule has 0 saturated heterocycles. The molecule has 2 nitrogen and oxygen atoms in total. The Morgan fingerprint density at radius 3 is 2.47 bits per heavy atom. The molecule has 0 aromatic rings. The Morgan fingerprint density at radius 1 is 1.47 bits per heavy atom. The summed E-state index contributed by atoms with van der Waals surface area (Å²) in [6, 6.07) is 0. The highest BCUT2D eigenvalue weighted by molar-refractivity contribution is 6.06. The summed E-state index contributed by atoms with van der Waals surface area (Å²) in [5.74, 6) is 1.53. The van der Waals surface area contributed by atoms with Gasteiger partial charge in [-0.25, -0.2) is 4.99 Å². The molecule has 0 saturated carbocycles. The van der Waals surface area contributed by atoms with Crippen molar-refractivity contribution in [2.75, 3.05) is 7.05 Å². The van der Waals surface area contributed by atoms with Crippen LogP contribution in [0, 0.1) is 5.92 Å². The Bertz CT molecular complexity index is 353. The van der Waals surface area contributed by atoms with Crippen molar-refractivity contribution >= 4 is 5.84 Å². The van der Waals surface area contributed by atoms with Gasteiger partial charge < -0.3 is 4.90 Å². The minimum atomic E-state index is 0.523. The molecule has 0 atom stereocenters. The summed E-state index contributed by atoms with van der Waals surface area (Å²) < 4.78 is 0. The van der Waals surface area contributed by atoms with Gasteiger partial charge in [-0.2, -0.15) is 0 Å². The Morgan fingerprint density at radius 2 is 2.07 bits per heavy atom. The quantitative estimate of drug-likeness (QED) is 0.673. The minimum absolute atomic E-state index is 0.523. The lowest BCUT2D eigenvalue weighted by atomic mass is 9.94. The SMILES string of the molecule is C=C/N=C1\C(=C(C)C)C(C(C)C)=CN1C. The van der Waals surface area contributed by atoms with Gasteiger partial charge in [0, 0.05) is 25.0 Å². The number of amidine groups is 1. The second-order valence-electron chi connectivity index (χ2n) is 4.36. The molecule has 0 unspecified atom stereocenters. The number of rotatable bonds is 2. The molecule has 1 aliphatic rings. The van der Waals surface area contributed by atoms with Crippen molar-refractivity contribution < 1.29 is 0 Å². The number of allylic oxidation sites excluding steroid dienone is 1. The van der Waals surface area contributed by atoms with Gasteiger partial charge in [-0.05, 0) is 25.3 Å². The first-order valence-electron chi connectivity index (χ1n) is 5.30. The molecule has 0 bridgehead atoms. The highest BCUT2D eigenvalue weighted by Gasteiger charge is 2.25. The van der Waals surface area contributed by atoms with E-state index in [0.717, 1.165) is 5.84 Å². The van der Waals surface area contributed by atoms with Gasteiger partial charge in [0.1, 0.15) is 5.84 Å². The van der Waals surface area contributed by atoms with Crippen LogP contribution < -0.4 is 0 Å². The molecule has 0 radical (unpaired) electrons. The summed E-state index contributed by atoms with van der Waals surface area (Å²) in [5.41, 5.74) is 3.94. The maximum atomic E-state index is 4.34. The number of aliphatic imine (C=N–C) groups is 1. The molecule has 0 aromatic heterocycles. The molecular weight excluding hydrogens is 184 g/mol. The van der Waals surface area contributed by atoms with Crippen molar-refractivity contribution in [1.29, 1.82) is 0 Å². The topological polar surface area (TPSA) is 15.6 Å². The molecule has 15 heavy (non-hydrogen) atoms. The van der Waals surface area contributed by atoms with E-state index in [1.165, 1.54) is 16.7 Å². The van der Waals surface area contributed by atoms with Crippen molar-refractivity contribution in [2.24, 2.45) is 10.9 Å². The summed E-state index contributed by atoms with van der Waals surface area (Å²) in [6.45, 7) is 12.3. The zero-order chi connectivity index (χ0) is 11.6. The van der Waals surface area contributed by atoms with Gasteiger partial charge in [0.2, 0.25) is 0 Å². The van der Waals surface area contributed by atoms with Crippen LogP contribution in [0.5, 0.6) is 0 Å². The average Bonchev–Trinajstić information content (AvgIpc) is 2.45. The molecule has 82 valence electrons. The molecule has 0 spiro atoms. The Hall–Kier alpha value is -1.31. The number of nitrogens with zero attached hydrogens (tertiary/aromatic N) is 2. The second-order valence-corrected chi connectivity index (χ2v) is 4.36. The van der Waals surface area contributed by atoms with Gasteiger partial charge in [0.25, 0.3) is 0 Å². The lowest BCUT2D eigenvalue weighted by Crippen LogP contribution is -2.17. The summed E-state index contributed by atoms with van der Waals surface area (Å²) in [5, 5.41) is 0. The molecular formula is C13H20N2. The Labute approximate surface area is 92.7 Å². The van der Waals surface area contributed by atoms with Crippen LogP contribution in [-0.2, 0) is 0 Å². The standard InChI is InChI=1S/C13H20N2/c1-7-14-13-12(10(4)5)11(9(2)3)8-15(13)6/h7-9H,1H2,2-6H3/b14-13+. The van der Waals surface area contributed by atoms with Gasteiger partial charge in [0.15, 0.2) is 0 Å². The smallest absolute Gasteiger partial charge is 0.139 e. The molecule has 0 fully saturated rings. The van der Waals surface area contributed by atoms with E-state index in [1.54, 1.807) is 6.20 Å². The van der Waals surface area contributed by atoms with E-state index in [1.807, 2.05) is 7.05 Å². The van der Waals surface area contributed by atoms with Gasteiger partial charge in [0.05, 0.1) is 0 Å². The van der Waals surface area contributed by atoms with Crippen LogP contribution in [0.15, 0.2) is 40.7 Å². The van der Waals surface area contributed by atoms with Crippen LogP contribution in [0.1, 0.15) is 27.7 Å². The maximum absolute atomic E-state index is 4.34. The summed E-state index contributed by atoms with van der Waals surface area (Å²) >= 11 is 0. The van der Waals surface area contributed by atoms with Crippen molar-refractivity contribution in [1.82, 2.24) is 4.90 Å². The third kappa shape index (κ3) is 2.20. The van der Waals surface area contributed by atoms with E-state index in [2.05, 4.69) is 50.4 Å². The van der Waals surface area contributed by atoms with E-state index in [0.29, 0.717) is 5.92 Å². The minimum Gasteiger partial charge on any atom is -0.335 e. The van der Waals surface area contributed by atoms with Crippen molar-refractivity contribution in [3.8, 4) is 0 Å². The summed E-state index contributed by atoms with van der Waals surface area (Å²) in [4.78, 5) is 6.41. The Balaban J connectivity index is 3.26. The fourth-order valence-electron chi connectivity index (χ4n) is 1.83. The predicted octanol–water partition coefficient (Wildman–Crippen LogP) is 3.35. The van der Waals surface area contributed by atoms with Crippen LogP contribution in [0.25, 0.3) is 0 Å². The van der Waals surface area contributed by atoms with Crippen molar-refractivity contribution in [3.05, 3.63) is 35.7 Å². The van der Waals surface area contributed by atoms with Gasteiger partial charge in [-0.15, -0.1) is 0 Å². The highest BCUT2D eigenvalue weighted by atomic mass is 15.2. The second kappa shape index (κ2) is 4.47. The van der Waals surface area contributed by atoms with Gasteiger partial charge in [-0.1, -0.05) is 26.0 Å². The van der Waals surface area contributed by atoms with Gasteiger partial charge in [-0.3, -0.25) is 0 Å². The molecule has 1 aliphatic heterocycles.